The van der Waals surface area contributed by atoms with Gasteiger partial charge < -0.3 is 0 Å². The van der Waals surface area contributed by atoms with Gasteiger partial charge in [-0.15, -0.1) is 22.9 Å². The summed E-state index contributed by atoms with van der Waals surface area (Å²) in [6, 6.07) is 12.2. The molecule has 0 radical (unpaired) electrons. The first kappa shape index (κ1) is 11.9. The molecular formula is C13H8Cl2N2S. The Balaban J connectivity index is 2.20. The molecular weight excluding hydrogens is 287 g/mol. The van der Waals surface area contributed by atoms with Crippen LogP contribution in [0, 0.1) is 0 Å². The highest BCUT2D eigenvalue weighted by Crippen LogP contribution is 2.35. The van der Waals surface area contributed by atoms with Crippen LogP contribution in [0.2, 0.25) is 5.15 Å². The van der Waals surface area contributed by atoms with Crippen molar-refractivity contribution in [2.45, 2.75) is 5.88 Å². The molecule has 0 atom stereocenters. The Kier molecular flexibility index (Phi) is 3.20. The van der Waals surface area contributed by atoms with Crippen LogP contribution in [-0.2, 0) is 5.88 Å². The van der Waals surface area contributed by atoms with E-state index in [-0.39, 0.29) is 5.88 Å². The zero-order chi connectivity index (χ0) is 12.5. The first-order valence-electron chi connectivity index (χ1n) is 5.35. The number of aromatic nitrogens is 2. The molecule has 2 nitrogen and oxygen atoms in total. The second-order valence-electron chi connectivity index (χ2n) is 3.76. The Morgan fingerprint density at radius 1 is 1.11 bits per heavy atom. The van der Waals surface area contributed by atoms with Crippen molar-refractivity contribution in [2.75, 3.05) is 0 Å². The first-order chi connectivity index (χ1) is 8.78. The molecule has 0 unspecified atom stereocenters. The minimum atomic E-state index is 0.270. The smallest absolute Gasteiger partial charge is 0.150 e. The number of thiophene rings is 1. The number of halogens is 2. The van der Waals surface area contributed by atoms with Gasteiger partial charge in [-0.05, 0) is 11.6 Å². The highest BCUT2D eigenvalue weighted by atomic mass is 35.5. The van der Waals surface area contributed by atoms with E-state index < -0.39 is 0 Å². The van der Waals surface area contributed by atoms with Crippen LogP contribution in [0.25, 0.3) is 20.7 Å². The quantitative estimate of drug-likeness (QED) is 0.503. The van der Waals surface area contributed by atoms with Crippen molar-refractivity contribution in [1.29, 1.82) is 0 Å². The number of rotatable bonds is 2. The normalized spacial score (nSPS) is 11.0. The predicted octanol–water partition coefficient (Wildman–Crippen LogP) is 4.75. The van der Waals surface area contributed by atoms with Gasteiger partial charge in [-0.25, -0.2) is 9.97 Å². The SMILES string of the molecule is ClCc1nc(Cl)c2sc(-c3ccccc3)cc2n1. The van der Waals surface area contributed by atoms with Crippen LogP contribution in [0.1, 0.15) is 5.82 Å². The summed E-state index contributed by atoms with van der Waals surface area (Å²) in [4.78, 5) is 9.68. The van der Waals surface area contributed by atoms with Gasteiger partial charge in [0.1, 0.15) is 5.82 Å². The van der Waals surface area contributed by atoms with Crippen molar-refractivity contribution < 1.29 is 0 Å². The van der Waals surface area contributed by atoms with Crippen LogP contribution < -0.4 is 0 Å². The van der Waals surface area contributed by atoms with Gasteiger partial charge >= 0.3 is 0 Å². The fourth-order valence-electron chi connectivity index (χ4n) is 1.74. The summed E-state index contributed by atoms with van der Waals surface area (Å²) in [5.41, 5.74) is 2.01. The van der Waals surface area contributed by atoms with Crippen LogP contribution >= 0.6 is 34.5 Å². The van der Waals surface area contributed by atoms with Crippen molar-refractivity contribution in [3.05, 3.63) is 47.4 Å². The second kappa shape index (κ2) is 4.84. The van der Waals surface area contributed by atoms with Gasteiger partial charge in [-0.2, -0.15) is 0 Å². The Labute approximate surface area is 118 Å². The first-order valence-corrected chi connectivity index (χ1v) is 7.08. The third-order valence-electron chi connectivity index (χ3n) is 2.55. The van der Waals surface area contributed by atoms with E-state index in [1.165, 1.54) is 0 Å². The molecule has 90 valence electrons. The summed E-state index contributed by atoms with van der Waals surface area (Å²) in [5.74, 6) is 0.832. The van der Waals surface area contributed by atoms with Crippen LogP contribution in [0.3, 0.4) is 0 Å². The third-order valence-corrected chi connectivity index (χ3v) is 4.36. The summed E-state index contributed by atoms with van der Waals surface area (Å²) in [6.45, 7) is 0. The maximum atomic E-state index is 6.14. The predicted molar refractivity (Wildman–Crippen MR) is 77.4 cm³/mol. The van der Waals surface area contributed by atoms with Gasteiger partial charge in [-0.1, -0.05) is 41.9 Å². The van der Waals surface area contributed by atoms with E-state index in [2.05, 4.69) is 22.1 Å². The molecule has 0 bridgehead atoms. The minimum absolute atomic E-state index is 0.270. The second-order valence-corrected chi connectivity index (χ2v) is 5.43. The van der Waals surface area contributed by atoms with Crippen molar-refractivity contribution in [3.8, 4) is 10.4 Å². The molecule has 0 saturated heterocycles. The largest absolute Gasteiger partial charge is 0.231 e. The molecule has 5 heteroatoms. The van der Waals surface area contributed by atoms with Gasteiger partial charge in [0.2, 0.25) is 0 Å². The number of fused-ring (bicyclic) bond motifs is 1. The molecule has 0 aliphatic carbocycles. The monoisotopic (exact) mass is 294 g/mol. The van der Waals surface area contributed by atoms with Gasteiger partial charge in [0.05, 0.1) is 16.1 Å². The highest BCUT2D eigenvalue weighted by Gasteiger charge is 2.10. The molecule has 2 aromatic heterocycles. The lowest BCUT2D eigenvalue weighted by molar-refractivity contribution is 1.07. The number of hydrogen-bond donors (Lipinski definition) is 0. The number of benzene rings is 1. The van der Waals surface area contributed by atoms with Crippen molar-refractivity contribution in [1.82, 2.24) is 9.97 Å². The van der Waals surface area contributed by atoms with Gasteiger partial charge in [-0.3, -0.25) is 0 Å². The van der Waals surface area contributed by atoms with Crippen LogP contribution in [0.15, 0.2) is 36.4 Å². The minimum Gasteiger partial charge on any atom is -0.231 e. The van der Waals surface area contributed by atoms with E-state index in [1.54, 1.807) is 11.3 Å². The molecule has 3 rings (SSSR count). The van der Waals surface area contributed by atoms with Crippen molar-refractivity contribution in [3.63, 3.8) is 0 Å². The average molecular weight is 295 g/mol. The van der Waals surface area contributed by atoms with Crippen LogP contribution in [0.5, 0.6) is 0 Å². The summed E-state index contributed by atoms with van der Waals surface area (Å²) in [5, 5.41) is 0.475. The molecule has 0 fully saturated rings. The van der Waals surface area contributed by atoms with Crippen LogP contribution in [-0.4, -0.2) is 9.97 Å². The Morgan fingerprint density at radius 2 is 1.89 bits per heavy atom. The molecule has 1 aromatic carbocycles. The summed E-state index contributed by atoms with van der Waals surface area (Å²) in [7, 11) is 0. The maximum Gasteiger partial charge on any atom is 0.150 e. The van der Waals surface area contributed by atoms with Crippen LogP contribution in [0.4, 0.5) is 0 Å². The van der Waals surface area contributed by atoms with E-state index >= 15 is 0 Å². The number of alkyl halides is 1. The average Bonchev–Trinajstić information content (AvgIpc) is 2.84. The Bertz CT molecular complexity index is 695. The molecule has 0 N–H and O–H groups in total. The lowest BCUT2D eigenvalue weighted by Gasteiger charge is -1.95. The summed E-state index contributed by atoms with van der Waals surface area (Å²) >= 11 is 13.5. The topological polar surface area (TPSA) is 25.8 Å². The zero-order valence-corrected chi connectivity index (χ0v) is 11.6. The van der Waals surface area contributed by atoms with Gasteiger partial charge in [0, 0.05) is 4.88 Å². The van der Waals surface area contributed by atoms with E-state index in [9.17, 15) is 0 Å². The molecule has 2 heterocycles. The van der Waals surface area contributed by atoms with E-state index in [4.69, 9.17) is 23.2 Å². The van der Waals surface area contributed by atoms with E-state index in [1.807, 2.05) is 24.3 Å². The third kappa shape index (κ3) is 2.09. The fourth-order valence-corrected chi connectivity index (χ4v) is 3.16. The molecule has 0 spiro atoms. The lowest BCUT2D eigenvalue weighted by Crippen LogP contribution is -1.90. The number of nitrogens with zero attached hydrogens (tertiary/aromatic N) is 2. The molecule has 0 amide bonds. The summed E-state index contributed by atoms with van der Waals surface area (Å²) < 4.78 is 0.907. The molecule has 0 aliphatic heterocycles. The Hall–Kier alpha value is -1.16. The molecule has 18 heavy (non-hydrogen) atoms. The van der Waals surface area contributed by atoms with Crippen molar-refractivity contribution >= 4 is 44.8 Å². The van der Waals surface area contributed by atoms with Gasteiger partial charge in [0.25, 0.3) is 0 Å². The highest BCUT2D eigenvalue weighted by molar-refractivity contribution is 7.22. The standard InChI is InChI=1S/C13H8Cl2N2S/c14-7-11-16-9-6-10(8-4-2-1-3-5-8)18-12(9)13(15)17-11/h1-6H,7H2. The Morgan fingerprint density at radius 3 is 2.61 bits per heavy atom. The molecule has 0 aliphatic rings. The summed E-state index contributed by atoms with van der Waals surface area (Å²) in [6.07, 6.45) is 0. The fraction of sp³-hybridized carbons (Fsp3) is 0.0769. The molecule has 0 saturated carbocycles. The van der Waals surface area contributed by atoms with E-state index in [0.29, 0.717) is 11.0 Å². The molecule has 3 aromatic rings. The van der Waals surface area contributed by atoms with E-state index in [0.717, 1.165) is 20.7 Å². The van der Waals surface area contributed by atoms with Crippen molar-refractivity contribution in [2.24, 2.45) is 0 Å². The lowest BCUT2D eigenvalue weighted by atomic mass is 10.2. The number of hydrogen-bond acceptors (Lipinski definition) is 3. The maximum absolute atomic E-state index is 6.14. The van der Waals surface area contributed by atoms with Gasteiger partial charge in [0.15, 0.2) is 5.15 Å². The zero-order valence-electron chi connectivity index (χ0n) is 9.23.